The topological polar surface area (TPSA) is 29.9 Å². The minimum absolute atomic E-state index is 0.750. The number of rotatable bonds is 4. The van der Waals surface area contributed by atoms with Crippen LogP contribution in [-0.4, -0.2) is 22.4 Å². The van der Waals surface area contributed by atoms with E-state index in [0.29, 0.717) is 0 Å². The Morgan fingerprint density at radius 1 is 1.50 bits per heavy atom. The predicted molar refractivity (Wildman–Crippen MR) is 66.3 cm³/mol. The Hall–Kier alpha value is -0.830. The van der Waals surface area contributed by atoms with E-state index in [-0.39, 0.29) is 0 Å². The first-order chi connectivity index (χ1) is 7.78. The lowest BCUT2D eigenvalue weighted by Crippen LogP contribution is -2.34. The van der Waals surface area contributed by atoms with Gasteiger partial charge in [0.15, 0.2) is 0 Å². The molecule has 3 nitrogen and oxygen atoms in total. The van der Waals surface area contributed by atoms with Crippen molar-refractivity contribution in [1.82, 2.24) is 15.1 Å². The maximum Gasteiger partial charge on any atom is 0.0521 e. The fourth-order valence-electron chi connectivity index (χ4n) is 2.86. The van der Waals surface area contributed by atoms with Gasteiger partial charge in [-0.05, 0) is 37.3 Å². The third-order valence-corrected chi connectivity index (χ3v) is 3.56. The Morgan fingerprint density at radius 3 is 3.06 bits per heavy atom. The summed E-state index contributed by atoms with van der Waals surface area (Å²) in [6.45, 7) is 3.30. The zero-order chi connectivity index (χ0) is 11.4. The summed E-state index contributed by atoms with van der Waals surface area (Å²) >= 11 is 0. The van der Waals surface area contributed by atoms with Crippen molar-refractivity contribution in [3.05, 3.63) is 18.0 Å². The molecular weight excluding hydrogens is 198 g/mol. The van der Waals surface area contributed by atoms with Gasteiger partial charge in [-0.1, -0.05) is 19.8 Å². The fraction of sp³-hybridized carbons (Fsp3) is 0.769. The summed E-state index contributed by atoms with van der Waals surface area (Å²) in [5.41, 5.74) is 1.39. The molecule has 1 fully saturated rings. The smallest absolute Gasteiger partial charge is 0.0521 e. The van der Waals surface area contributed by atoms with Crippen molar-refractivity contribution in [2.75, 3.05) is 6.54 Å². The normalized spacial score (nSPS) is 25.9. The van der Waals surface area contributed by atoms with Crippen molar-refractivity contribution in [2.45, 2.75) is 45.1 Å². The summed E-state index contributed by atoms with van der Waals surface area (Å²) in [6, 6.07) is 0.750. The molecule has 2 unspecified atom stereocenters. The molecule has 0 saturated heterocycles. The molecule has 0 bridgehead atoms. The molecule has 1 heterocycles. The van der Waals surface area contributed by atoms with Gasteiger partial charge in [-0.25, -0.2) is 0 Å². The van der Waals surface area contributed by atoms with Crippen molar-refractivity contribution in [2.24, 2.45) is 13.0 Å². The second-order valence-electron chi connectivity index (χ2n) is 5.01. The first-order valence-electron chi connectivity index (χ1n) is 6.49. The van der Waals surface area contributed by atoms with E-state index in [0.717, 1.165) is 18.5 Å². The van der Waals surface area contributed by atoms with Gasteiger partial charge in [0.2, 0.25) is 0 Å². The van der Waals surface area contributed by atoms with E-state index in [1.54, 1.807) is 0 Å². The Balaban J connectivity index is 1.85. The second-order valence-corrected chi connectivity index (χ2v) is 5.01. The molecule has 0 amide bonds. The van der Waals surface area contributed by atoms with Crippen LogP contribution in [0.15, 0.2) is 12.4 Å². The predicted octanol–water partition coefficient (Wildman–Crippen LogP) is 2.13. The van der Waals surface area contributed by atoms with E-state index in [9.17, 15) is 0 Å². The Labute approximate surface area is 98.2 Å². The summed E-state index contributed by atoms with van der Waals surface area (Å²) in [7, 11) is 1.99. The molecule has 0 aromatic carbocycles. The maximum absolute atomic E-state index is 4.24. The molecule has 1 aromatic heterocycles. The fourth-order valence-corrected chi connectivity index (χ4v) is 2.86. The van der Waals surface area contributed by atoms with Gasteiger partial charge < -0.3 is 5.32 Å². The van der Waals surface area contributed by atoms with E-state index in [1.165, 1.54) is 37.7 Å². The van der Waals surface area contributed by atoms with Crippen LogP contribution in [0.5, 0.6) is 0 Å². The standard InChI is InChI=1S/C13H23N3/c1-3-14-13-6-4-5-11(8-13)7-12-9-15-16(2)10-12/h9-11,13-14H,3-8H2,1-2H3. The first kappa shape index (κ1) is 11.6. The van der Waals surface area contributed by atoms with E-state index in [1.807, 2.05) is 17.9 Å². The van der Waals surface area contributed by atoms with E-state index < -0.39 is 0 Å². The highest BCUT2D eigenvalue weighted by Crippen LogP contribution is 2.27. The molecule has 2 atom stereocenters. The van der Waals surface area contributed by atoms with Crippen molar-refractivity contribution in [3.63, 3.8) is 0 Å². The Bertz CT molecular complexity index is 317. The van der Waals surface area contributed by atoms with Crippen LogP contribution in [0.2, 0.25) is 0 Å². The zero-order valence-corrected chi connectivity index (χ0v) is 10.4. The molecule has 1 aliphatic rings. The van der Waals surface area contributed by atoms with Gasteiger partial charge >= 0.3 is 0 Å². The van der Waals surface area contributed by atoms with E-state index >= 15 is 0 Å². The monoisotopic (exact) mass is 221 g/mol. The van der Waals surface area contributed by atoms with Gasteiger partial charge in [0.25, 0.3) is 0 Å². The highest BCUT2D eigenvalue weighted by molar-refractivity contribution is 5.05. The van der Waals surface area contributed by atoms with Crippen molar-refractivity contribution in [3.8, 4) is 0 Å². The molecule has 0 spiro atoms. The zero-order valence-electron chi connectivity index (χ0n) is 10.4. The van der Waals surface area contributed by atoms with Crippen LogP contribution in [0.3, 0.4) is 0 Å². The molecular formula is C13H23N3. The Kier molecular flexibility index (Phi) is 3.99. The molecule has 1 N–H and O–H groups in total. The summed E-state index contributed by atoms with van der Waals surface area (Å²) in [5.74, 6) is 0.849. The molecule has 3 heteroatoms. The van der Waals surface area contributed by atoms with Gasteiger partial charge in [0.05, 0.1) is 6.20 Å². The molecule has 90 valence electrons. The van der Waals surface area contributed by atoms with Crippen LogP contribution in [0.25, 0.3) is 0 Å². The minimum atomic E-state index is 0.750. The third kappa shape index (κ3) is 3.08. The van der Waals surface area contributed by atoms with E-state index in [2.05, 4.69) is 23.5 Å². The van der Waals surface area contributed by atoms with Crippen LogP contribution in [-0.2, 0) is 13.5 Å². The van der Waals surface area contributed by atoms with Gasteiger partial charge in [0, 0.05) is 19.3 Å². The summed E-state index contributed by atoms with van der Waals surface area (Å²) in [6.07, 6.45) is 10.8. The van der Waals surface area contributed by atoms with Crippen LogP contribution >= 0.6 is 0 Å². The lowest BCUT2D eigenvalue weighted by Gasteiger charge is -2.29. The van der Waals surface area contributed by atoms with Gasteiger partial charge in [-0.2, -0.15) is 5.10 Å². The SMILES string of the molecule is CCNC1CCCC(Cc2cnn(C)c2)C1. The molecule has 2 rings (SSSR count). The summed E-state index contributed by atoms with van der Waals surface area (Å²) < 4.78 is 1.90. The molecule has 16 heavy (non-hydrogen) atoms. The highest BCUT2D eigenvalue weighted by atomic mass is 15.2. The molecule has 0 aliphatic heterocycles. The second kappa shape index (κ2) is 5.48. The van der Waals surface area contributed by atoms with Crippen LogP contribution < -0.4 is 5.32 Å². The van der Waals surface area contributed by atoms with Crippen molar-refractivity contribution >= 4 is 0 Å². The minimum Gasteiger partial charge on any atom is -0.314 e. The first-order valence-corrected chi connectivity index (χ1v) is 6.49. The van der Waals surface area contributed by atoms with Crippen molar-refractivity contribution < 1.29 is 0 Å². The quantitative estimate of drug-likeness (QED) is 0.844. The highest BCUT2D eigenvalue weighted by Gasteiger charge is 2.21. The molecule has 0 radical (unpaired) electrons. The summed E-state index contributed by atoms with van der Waals surface area (Å²) in [5, 5.41) is 7.82. The number of aryl methyl sites for hydroxylation is 1. The Morgan fingerprint density at radius 2 is 2.38 bits per heavy atom. The van der Waals surface area contributed by atoms with Gasteiger partial charge in [0.1, 0.15) is 0 Å². The lowest BCUT2D eigenvalue weighted by atomic mass is 9.82. The largest absolute Gasteiger partial charge is 0.314 e. The lowest BCUT2D eigenvalue weighted by molar-refractivity contribution is 0.287. The number of hydrogen-bond donors (Lipinski definition) is 1. The average Bonchev–Trinajstić information content (AvgIpc) is 2.65. The van der Waals surface area contributed by atoms with Crippen LogP contribution in [0, 0.1) is 5.92 Å². The number of nitrogens with zero attached hydrogens (tertiary/aromatic N) is 2. The molecule has 1 aliphatic carbocycles. The molecule has 1 saturated carbocycles. The number of aromatic nitrogens is 2. The third-order valence-electron chi connectivity index (χ3n) is 3.56. The maximum atomic E-state index is 4.24. The van der Waals surface area contributed by atoms with Crippen LogP contribution in [0.1, 0.15) is 38.2 Å². The number of hydrogen-bond acceptors (Lipinski definition) is 2. The molecule has 1 aromatic rings. The van der Waals surface area contributed by atoms with E-state index in [4.69, 9.17) is 0 Å². The van der Waals surface area contributed by atoms with Crippen LogP contribution in [0.4, 0.5) is 0 Å². The van der Waals surface area contributed by atoms with Crippen molar-refractivity contribution in [1.29, 1.82) is 0 Å². The van der Waals surface area contributed by atoms with Gasteiger partial charge in [-0.3, -0.25) is 4.68 Å². The average molecular weight is 221 g/mol. The summed E-state index contributed by atoms with van der Waals surface area (Å²) in [4.78, 5) is 0. The number of nitrogens with one attached hydrogen (secondary N) is 1. The van der Waals surface area contributed by atoms with Gasteiger partial charge in [-0.15, -0.1) is 0 Å².